The Morgan fingerprint density at radius 3 is 2.70 bits per heavy atom. The first-order valence-corrected chi connectivity index (χ1v) is 11.3. The number of rotatable bonds is 4. The molecule has 1 aromatic heterocycles. The Kier molecular flexibility index (Phi) is 5.09. The van der Waals surface area contributed by atoms with Crippen LogP contribution in [0.1, 0.15) is 48.7 Å². The van der Waals surface area contributed by atoms with Crippen molar-refractivity contribution in [1.82, 2.24) is 19.6 Å². The van der Waals surface area contributed by atoms with Crippen LogP contribution in [0.3, 0.4) is 0 Å². The van der Waals surface area contributed by atoms with Crippen molar-refractivity contribution in [2.75, 3.05) is 13.1 Å². The molecule has 158 valence electrons. The van der Waals surface area contributed by atoms with Crippen LogP contribution in [-0.2, 0) is 17.8 Å². The summed E-state index contributed by atoms with van der Waals surface area (Å²) < 4.78 is 1.80. The van der Waals surface area contributed by atoms with E-state index in [0.29, 0.717) is 36.4 Å². The highest BCUT2D eigenvalue weighted by molar-refractivity contribution is 5.92. The number of benzene rings is 1. The van der Waals surface area contributed by atoms with Gasteiger partial charge in [0.15, 0.2) is 0 Å². The van der Waals surface area contributed by atoms with Gasteiger partial charge in [-0.05, 0) is 56.1 Å². The van der Waals surface area contributed by atoms with Crippen molar-refractivity contribution in [3.05, 3.63) is 53.9 Å². The Balaban J connectivity index is 1.42. The summed E-state index contributed by atoms with van der Waals surface area (Å²) in [4.78, 5) is 30.4. The summed E-state index contributed by atoms with van der Waals surface area (Å²) >= 11 is 0. The number of carbonyl (C=O) groups excluding carboxylic acids is 2. The standard InChI is InChI=1S/C24H30N4O2/c1-2-27-12-11-20(25-27)24(30)26-15-18-14-19(16-26)22(13-17-7-4-3-5-8-17)28-21(18)9-6-10-23(28)29/h3-5,7-8,11-12,18-19,21-22H,2,6,9-10,13-16H2,1H3/t18-,19+,21+,22+/m1/s1. The molecule has 3 saturated heterocycles. The van der Waals surface area contributed by atoms with Crippen LogP contribution in [0, 0.1) is 11.8 Å². The van der Waals surface area contributed by atoms with E-state index in [1.807, 2.05) is 30.2 Å². The Hall–Kier alpha value is -2.63. The molecule has 0 radical (unpaired) electrons. The fourth-order valence-corrected chi connectivity index (χ4v) is 5.87. The number of aryl methyl sites for hydroxylation is 1. The predicted molar refractivity (Wildman–Crippen MR) is 114 cm³/mol. The molecule has 5 rings (SSSR count). The van der Waals surface area contributed by atoms with Crippen molar-refractivity contribution in [3.8, 4) is 0 Å². The van der Waals surface area contributed by atoms with Gasteiger partial charge >= 0.3 is 0 Å². The molecule has 6 heteroatoms. The minimum atomic E-state index is 0.0333. The second kappa shape index (κ2) is 7.89. The van der Waals surface area contributed by atoms with Gasteiger partial charge < -0.3 is 9.80 Å². The second-order valence-corrected chi connectivity index (χ2v) is 9.04. The van der Waals surface area contributed by atoms with Crippen molar-refractivity contribution in [2.24, 2.45) is 11.8 Å². The van der Waals surface area contributed by atoms with Crippen LogP contribution in [0.2, 0.25) is 0 Å². The lowest BCUT2D eigenvalue weighted by Gasteiger charge is -2.56. The molecule has 0 spiro atoms. The van der Waals surface area contributed by atoms with Gasteiger partial charge in [0, 0.05) is 44.3 Å². The first-order chi connectivity index (χ1) is 14.6. The Labute approximate surface area is 177 Å². The number of carbonyl (C=O) groups is 2. The summed E-state index contributed by atoms with van der Waals surface area (Å²) in [5.74, 6) is 1.03. The molecule has 2 bridgehead atoms. The van der Waals surface area contributed by atoms with Gasteiger partial charge in [-0.3, -0.25) is 14.3 Å². The van der Waals surface area contributed by atoms with E-state index in [2.05, 4.69) is 34.3 Å². The molecular weight excluding hydrogens is 376 g/mol. The van der Waals surface area contributed by atoms with Crippen LogP contribution >= 0.6 is 0 Å². The normalized spacial score (nSPS) is 28.4. The van der Waals surface area contributed by atoms with E-state index in [0.717, 1.165) is 38.8 Å². The molecule has 4 atom stereocenters. The van der Waals surface area contributed by atoms with Gasteiger partial charge in [-0.2, -0.15) is 5.10 Å². The highest BCUT2D eigenvalue weighted by Crippen LogP contribution is 2.42. The molecule has 4 heterocycles. The third-order valence-corrected chi connectivity index (χ3v) is 7.26. The molecule has 2 aromatic rings. The van der Waals surface area contributed by atoms with Gasteiger partial charge in [0.1, 0.15) is 5.69 Å². The molecule has 0 aliphatic carbocycles. The van der Waals surface area contributed by atoms with Crippen molar-refractivity contribution in [1.29, 1.82) is 0 Å². The lowest BCUT2D eigenvalue weighted by molar-refractivity contribution is -0.151. The molecule has 1 aromatic carbocycles. The van der Waals surface area contributed by atoms with E-state index >= 15 is 0 Å². The first kappa shape index (κ1) is 19.3. The van der Waals surface area contributed by atoms with Gasteiger partial charge in [-0.15, -0.1) is 0 Å². The minimum absolute atomic E-state index is 0.0333. The van der Waals surface area contributed by atoms with E-state index in [-0.39, 0.29) is 18.0 Å². The molecule has 3 fully saturated rings. The summed E-state index contributed by atoms with van der Waals surface area (Å²) in [7, 11) is 0. The molecule has 0 N–H and O–H groups in total. The SMILES string of the molecule is CCn1ccc(C(=O)N2C[C@H]3C[C@@H](C2)[C@H](Cc2ccccc2)N2C(=O)CCC[C@@H]32)n1. The Morgan fingerprint density at radius 2 is 1.93 bits per heavy atom. The number of hydrogen-bond donors (Lipinski definition) is 0. The largest absolute Gasteiger partial charge is 0.337 e. The molecule has 30 heavy (non-hydrogen) atoms. The summed E-state index contributed by atoms with van der Waals surface area (Å²) in [5, 5.41) is 4.44. The highest BCUT2D eigenvalue weighted by atomic mass is 16.2. The smallest absolute Gasteiger partial charge is 0.274 e. The lowest BCUT2D eigenvalue weighted by Crippen LogP contribution is -2.66. The zero-order valence-corrected chi connectivity index (χ0v) is 17.6. The lowest BCUT2D eigenvalue weighted by atomic mass is 9.70. The molecule has 3 aliphatic rings. The van der Waals surface area contributed by atoms with Crippen molar-refractivity contribution >= 4 is 11.8 Å². The zero-order chi connectivity index (χ0) is 20.7. The molecule has 2 amide bonds. The van der Waals surface area contributed by atoms with E-state index in [1.165, 1.54) is 5.56 Å². The molecule has 0 unspecified atom stereocenters. The van der Waals surface area contributed by atoms with Crippen LogP contribution in [0.25, 0.3) is 0 Å². The van der Waals surface area contributed by atoms with Crippen molar-refractivity contribution in [3.63, 3.8) is 0 Å². The number of fused-ring (bicyclic) bond motifs is 4. The van der Waals surface area contributed by atoms with Crippen LogP contribution in [0.4, 0.5) is 0 Å². The maximum absolute atomic E-state index is 13.2. The number of likely N-dealkylation sites (tertiary alicyclic amines) is 1. The number of aromatic nitrogens is 2. The quantitative estimate of drug-likeness (QED) is 0.784. The van der Waals surface area contributed by atoms with Crippen LogP contribution in [0.15, 0.2) is 42.6 Å². The first-order valence-electron chi connectivity index (χ1n) is 11.3. The van der Waals surface area contributed by atoms with E-state index < -0.39 is 0 Å². The third-order valence-electron chi connectivity index (χ3n) is 7.26. The van der Waals surface area contributed by atoms with E-state index in [4.69, 9.17) is 0 Å². The molecule has 6 nitrogen and oxygen atoms in total. The Bertz CT molecular complexity index is 924. The summed E-state index contributed by atoms with van der Waals surface area (Å²) in [6.07, 6.45) is 6.54. The summed E-state index contributed by atoms with van der Waals surface area (Å²) in [6, 6.07) is 12.7. The minimum Gasteiger partial charge on any atom is -0.337 e. The molecular formula is C24H30N4O2. The van der Waals surface area contributed by atoms with E-state index in [1.54, 1.807) is 4.68 Å². The fraction of sp³-hybridized carbons (Fsp3) is 0.542. The van der Waals surface area contributed by atoms with Crippen molar-refractivity contribution < 1.29 is 9.59 Å². The van der Waals surface area contributed by atoms with Crippen LogP contribution in [0.5, 0.6) is 0 Å². The number of hydrogen-bond acceptors (Lipinski definition) is 3. The van der Waals surface area contributed by atoms with Gasteiger partial charge in [0.2, 0.25) is 5.91 Å². The number of piperidine rings is 3. The van der Waals surface area contributed by atoms with Gasteiger partial charge in [-0.1, -0.05) is 30.3 Å². The van der Waals surface area contributed by atoms with Gasteiger partial charge in [0.05, 0.1) is 0 Å². The maximum Gasteiger partial charge on any atom is 0.274 e. The third kappa shape index (κ3) is 3.42. The second-order valence-electron chi connectivity index (χ2n) is 9.04. The zero-order valence-electron chi connectivity index (χ0n) is 17.6. The monoisotopic (exact) mass is 406 g/mol. The average molecular weight is 407 g/mol. The Morgan fingerprint density at radius 1 is 1.13 bits per heavy atom. The fourth-order valence-electron chi connectivity index (χ4n) is 5.87. The summed E-state index contributed by atoms with van der Waals surface area (Å²) in [6.45, 7) is 4.23. The van der Waals surface area contributed by atoms with Gasteiger partial charge in [0.25, 0.3) is 5.91 Å². The number of nitrogens with zero attached hydrogens (tertiary/aromatic N) is 4. The van der Waals surface area contributed by atoms with Crippen LogP contribution in [-0.4, -0.2) is 56.6 Å². The molecule has 0 saturated carbocycles. The van der Waals surface area contributed by atoms with Crippen molar-refractivity contribution in [2.45, 2.75) is 57.7 Å². The topological polar surface area (TPSA) is 58.4 Å². The highest BCUT2D eigenvalue weighted by Gasteiger charge is 2.50. The van der Waals surface area contributed by atoms with Gasteiger partial charge in [-0.25, -0.2) is 0 Å². The average Bonchev–Trinajstić information content (AvgIpc) is 3.26. The maximum atomic E-state index is 13.2. The predicted octanol–water partition coefficient (Wildman–Crippen LogP) is 2.99. The molecule has 3 aliphatic heterocycles. The summed E-state index contributed by atoms with van der Waals surface area (Å²) in [5.41, 5.74) is 1.80. The van der Waals surface area contributed by atoms with E-state index in [9.17, 15) is 9.59 Å². The van der Waals surface area contributed by atoms with Crippen LogP contribution < -0.4 is 0 Å². The number of amides is 2.